The standard InChI is InChI=1S/C26H28ClN3O6S/c1-18-5-7-19(8-6-18)16-30(37(32,33)22-11-9-21(27)10-12-22)17-25(31)29-28-15-20-13-23(34-2)26(36-4)24(14-20)35-3/h5-15H,16-17H2,1-4H3,(H,29,31)/b28-15-. The summed E-state index contributed by atoms with van der Waals surface area (Å²) in [6.07, 6.45) is 1.39. The molecule has 0 saturated heterocycles. The average molecular weight is 546 g/mol. The van der Waals surface area contributed by atoms with Crippen LogP contribution in [0.15, 0.2) is 70.7 Å². The third kappa shape index (κ3) is 7.22. The van der Waals surface area contributed by atoms with E-state index in [1.165, 1.54) is 51.8 Å². The first kappa shape index (κ1) is 28.0. The summed E-state index contributed by atoms with van der Waals surface area (Å²) in [6, 6.07) is 16.5. The molecule has 3 aromatic rings. The van der Waals surface area contributed by atoms with E-state index in [4.69, 9.17) is 25.8 Å². The fourth-order valence-electron chi connectivity index (χ4n) is 3.43. The van der Waals surface area contributed by atoms with Gasteiger partial charge in [0.15, 0.2) is 11.5 Å². The highest BCUT2D eigenvalue weighted by Gasteiger charge is 2.27. The quantitative estimate of drug-likeness (QED) is 0.288. The normalized spacial score (nSPS) is 11.5. The number of ether oxygens (including phenoxy) is 3. The molecule has 0 aliphatic carbocycles. The Morgan fingerprint density at radius 1 is 0.973 bits per heavy atom. The van der Waals surface area contributed by atoms with Crippen LogP contribution in [-0.4, -0.2) is 52.7 Å². The van der Waals surface area contributed by atoms with Crippen molar-refractivity contribution in [3.63, 3.8) is 0 Å². The third-order valence-corrected chi connectivity index (χ3v) is 7.40. The highest BCUT2D eigenvalue weighted by Crippen LogP contribution is 2.37. The largest absolute Gasteiger partial charge is 0.493 e. The van der Waals surface area contributed by atoms with Gasteiger partial charge in [0.25, 0.3) is 5.91 Å². The molecule has 0 aliphatic heterocycles. The number of sulfonamides is 1. The highest BCUT2D eigenvalue weighted by atomic mass is 35.5. The van der Waals surface area contributed by atoms with Gasteiger partial charge in [0.2, 0.25) is 15.8 Å². The molecule has 0 bridgehead atoms. The van der Waals surface area contributed by atoms with Crippen molar-refractivity contribution in [3.05, 3.63) is 82.4 Å². The molecule has 0 heterocycles. The van der Waals surface area contributed by atoms with Crippen LogP contribution < -0.4 is 19.6 Å². The molecule has 1 amide bonds. The summed E-state index contributed by atoms with van der Waals surface area (Å²) < 4.78 is 43.8. The first-order chi connectivity index (χ1) is 17.7. The van der Waals surface area contributed by atoms with E-state index in [1.807, 2.05) is 31.2 Å². The topological polar surface area (TPSA) is 107 Å². The molecule has 0 saturated carbocycles. The van der Waals surface area contributed by atoms with Gasteiger partial charge in [0, 0.05) is 17.1 Å². The van der Waals surface area contributed by atoms with Crippen molar-refractivity contribution >= 4 is 33.7 Å². The number of nitrogens with zero attached hydrogens (tertiary/aromatic N) is 2. The molecule has 196 valence electrons. The third-order valence-electron chi connectivity index (χ3n) is 5.34. The van der Waals surface area contributed by atoms with Gasteiger partial charge in [-0.15, -0.1) is 0 Å². The van der Waals surface area contributed by atoms with Crippen molar-refractivity contribution in [1.82, 2.24) is 9.73 Å². The van der Waals surface area contributed by atoms with Crippen LogP contribution in [0.25, 0.3) is 0 Å². The number of hydrogen-bond acceptors (Lipinski definition) is 7. The Morgan fingerprint density at radius 3 is 2.11 bits per heavy atom. The Labute approximate surface area is 221 Å². The lowest BCUT2D eigenvalue weighted by atomic mass is 10.1. The maximum absolute atomic E-state index is 13.4. The number of nitrogens with one attached hydrogen (secondary N) is 1. The van der Waals surface area contributed by atoms with Gasteiger partial charge in [-0.3, -0.25) is 4.79 Å². The molecule has 0 fully saturated rings. The Balaban J connectivity index is 1.80. The number of methoxy groups -OCH3 is 3. The maximum atomic E-state index is 13.4. The van der Waals surface area contributed by atoms with Crippen LogP contribution in [0.2, 0.25) is 5.02 Å². The molecular weight excluding hydrogens is 518 g/mol. The lowest BCUT2D eigenvalue weighted by Crippen LogP contribution is -2.39. The van der Waals surface area contributed by atoms with Crippen LogP contribution in [0.4, 0.5) is 0 Å². The van der Waals surface area contributed by atoms with Crippen molar-refractivity contribution in [1.29, 1.82) is 0 Å². The summed E-state index contributed by atoms with van der Waals surface area (Å²) in [6.45, 7) is 1.48. The van der Waals surface area contributed by atoms with E-state index in [0.29, 0.717) is 27.8 Å². The molecule has 0 aliphatic rings. The van der Waals surface area contributed by atoms with Gasteiger partial charge >= 0.3 is 0 Å². The summed E-state index contributed by atoms with van der Waals surface area (Å²) in [5.41, 5.74) is 4.72. The highest BCUT2D eigenvalue weighted by molar-refractivity contribution is 7.89. The molecule has 0 atom stereocenters. The van der Waals surface area contributed by atoms with E-state index < -0.39 is 22.5 Å². The minimum absolute atomic E-state index is 0.00471. The van der Waals surface area contributed by atoms with Crippen LogP contribution >= 0.6 is 11.6 Å². The Morgan fingerprint density at radius 2 is 1.57 bits per heavy atom. The lowest BCUT2D eigenvalue weighted by molar-refractivity contribution is -0.121. The number of rotatable bonds is 11. The zero-order valence-electron chi connectivity index (χ0n) is 20.9. The van der Waals surface area contributed by atoms with E-state index in [1.54, 1.807) is 12.1 Å². The van der Waals surface area contributed by atoms with Crippen molar-refractivity contribution in [2.75, 3.05) is 27.9 Å². The second kappa shape index (κ2) is 12.6. The van der Waals surface area contributed by atoms with Crippen molar-refractivity contribution in [3.8, 4) is 17.2 Å². The molecule has 11 heteroatoms. The molecule has 0 spiro atoms. The molecule has 9 nitrogen and oxygen atoms in total. The molecule has 3 rings (SSSR count). The molecule has 37 heavy (non-hydrogen) atoms. The molecule has 3 aromatic carbocycles. The summed E-state index contributed by atoms with van der Waals surface area (Å²) in [5.74, 6) is 0.652. The minimum Gasteiger partial charge on any atom is -0.493 e. The van der Waals surface area contributed by atoms with E-state index in [-0.39, 0.29) is 11.4 Å². The van der Waals surface area contributed by atoms with Gasteiger partial charge in [-0.1, -0.05) is 41.4 Å². The summed E-state index contributed by atoms with van der Waals surface area (Å²) in [7, 11) is 0.465. The van der Waals surface area contributed by atoms with Crippen LogP contribution in [0.3, 0.4) is 0 Å². The molecule has 0 unspecified atom stereocenters. The summed E-state index contributed by atoms with van der Waals surface area (Å²) in [4.78, 5) is 12.8. The molecule has 0 radical (unpaired) electrons. The van der Waals surface area contributed by atoms with Crippen LogP contribution in [0.5, 0.6) is 17.2 Å². The number of hydrazone groups is 1. The van der Waals surface area contributed by atoms with Gasteiger partial charge in [-0.25, -0.2) is 13.8 Å². The minimum atomic E-state index is -4.01. The fraction of sp³-hybridized carbons (Fsp3) is 0.231. The Hall–Kier alpha value is -3.60. The SMILES string of the molecule is COc1cc(/C=N\NC(=O)CN(Cc2ccc(C)cc2)S(=O)(=O)c2ccc(Cl)cc2)cc(OC)c1OC. The average Bonchev–Trinajstić information content (AvgIpc) is 2.89. The second-order valence-electron chi connectivity index (χ2n) is 7.96. The zero-order chi connectivity index (χ0) is 27.0. The molecular formula is C26H28ClN3O6S. The van der Waals surface area contributed by atoms with Crippen LogP contribution in [0, 0.1) is 6.92 Å². The number of aryl methyl sites for hydroxylation is 1. The molecule has 0 aromatic heterocycles. The number of benzene rings is 3. The molecule has 1 N–H and O–H groups in total. The number of halogens is 1. The second-order valence-corrected chi connectivity index (χ2v) is 10.3. The van der Waals surface area contributed by atoms with Gasteiger partial charge in [0.1, 0.15) is 0 Å². The van der Waals surface area contributed by atoms with Crippen molar-refractivity contribution in [2.24, 2.45) is 5.10 Å². The predicted molar refractivity (Wildman–Crippen MR) is 142 cm³/mol. The van der Waals surface area contributed by atoms with Crippen LogP contribution in [-0.2, 0) is 21.4 Å². The monoisotopic (exact) mass is 545 g/mol. The predicted octanol–water partition coefficient (Wildman–Crippen LogP) is 4.02. The Bertz CT molecular complexity index is 1340. The fourth-order valence-corrected chi connectivity index (χ4v) is 4.94. The van der Waals surface area contributed by atoms with E-state index in [0.717, 1.165) is 15.4 Å². The smallest absolute Gasteiger partial charge is 0.255 e. The van der Waals surface area contributed by atoms with Gasteiger partial charge in [-0.2, -0.15) is 9.41 Å². The van der Waals surface area contributed by atoms with Gasteiger partial charge < -0.3 is 14.2 Å². The first-order valence-corrected chi connectivity index (χ1v) is 12.9. The summed E-state index contributed by atoms with van der Waals surface area (Å²) >= 11 is 5.92. The van der Waals surface area contributed by atoms with Crippen molar-refractivity contribution in [2.45, 2.75) is 18.4 Å². The number of carbonyl (C=O) groups is 1. The van der Waals surface area contributed by atoms with Crippen molar-refractivity contribution < 1.29 is 27.4 Å². The lowest BCUT2D eigenvalue weighted by Gasteiger charge is -2.21. The van der Waals surface area contributed by atoms with E-state index in [2.05, 4.69) is 10.5 Å². The van der Waals surface area contributed by atoms with E-state index in [9.17, 15) is 13.2 Å². The van der Waals surface area contributed by atoms with Gasteiger partial charge in [-0.05, 0) is 48.9 Å². The maximum Gasteiger partial charge on any atom is 0.255 e. The number of carbonyl (C=O) groups excluding carboxylic acids is 1. The zero-order valence-corrected chi connectivity index (χ0v) is 22.5. The Kier molecular flexibility index (Phi) is 9.51. The number of amides is 1. The number of hydrogen-bond donors (Lipinski definition) is 1. The van der Waals surface area contributed by atoms with Crippen LogP contribution in [0.1, 0.15) is 16.7 Å². The first-order valence-electron chi connectivity index (χ1n) is 11.1. The van der Waals surface area contributed by atoms with E-state index >= 15 is 0 Å². The van der Waals surface area contributed by atoms with Gasteiger partial charge in [0.05, 0.1) is 39.0 Å². The summed E-state index contributed by atoms with van der Waals surface area (Å²) in [5, 5.41) is 4.38.